The van der Waals surface area contributed by atoms with Crippen molar-refractivity contribution in [2.75, 3.05) is 0 Å². The zero-order valence-electron chi connectivity index (χ0n) is 9.95. The fraction of sp³-hybridized carbons (Fsp3) is 0.0714. The lowest BCUT2D eigenvalue weighted by Gasteiger charge is -2.01. The van der Waals surface area contributed by atoms with Gasteiger partial charge in [-0.1, -0.05) is 30.3 Å². The van der Waals surface area contributed by atoms with Crippen molar-refractivity contribution in [2.24, 2.45) is 4.99 Å². The molecule has 1 aliphatic heterocycles. The molecule has 4 nitrogen and oxygen atoms in total. The maximum Gasteiger partial charge on any atom is 0.294 e. The van der Waals surface area contributed by atoms with E-state index in [0.717, 1.165) is 22.5 Å². The van der Waals surface area contributed by atoms with Gasteiger partial charge < -0.3 is 0 Å². The number of fused-ring (bicyclic) bond motifs is 1. The normalized spacial score (nSPS) is 14.1. The van der Waals surface area contributed by atoms with Crippen LogP contribution >= 0.6 is 0 Å². The maximum absolute atomic E-state index is 11.1. The lowest BCUT2D eigenvalue weighted by atomic mass is 10.0. The molecule has 3 rings (SSSR count). The Morgan fingerprint density at radius 1 is 1.05 bits per heavy atom. The van der Waals surface area contributed by atoms with Gasteiger partial charge in [-0.05, 0) is 29.3 Å². The molecule has 0 saturated carbocycles. The van der Waals surface area contributed by atoms with Gasteiger partial charge in [-0.3, -0.25) is 9.55 Å². The van der Waals surface area contributed by atoms with E-state index in [1.54, 1.807) is 6.07 Å². The summed E-state index contributed by atoms with van der Waals surface area (Å²) >= 11 is 0. The number of hydrogen-bond donors (Lipinski definition) is 1. The quantitative estimate of drug-likeness (QED) is 0.855. The number of hydrogen-bond acceptors (Lipinski definition) is 3. The van der Waals surface area contributed by atoms with E-state index in [-0.39, 0.29) is 4.90 Å². The molecule has 0 atom stereocenters. The largest absolute Gasteiger partial charge is 0.294 e. The molecule has 1 N–H and O–H groups in total. The van der Waals surface area contributed by atoms with Crippen molar-refractivity contribution in [1.29, 1.82) is 0 Å². The highest BCUT2D eigenvalue weighted by atomic mass is 32.2. The van der Waals surface area contributed by atoms with Crippen LogP contribution in [0.1, 0.15) is 11.1 Å². The van der Waals surface area contributed by atoms with E-state index in [1.165, 1.54) is 12.1 Å². The van der Waals surface area contributed by atoms with Crippen molar-refractivity contribution in [3.8, 4) is 0 Å². The molecule has 0 spiro atoms. The molecule has 0 bridgehead atoms. The van der Waals surface area contributed by atoms with Gasteiger partial charge in [-0.25, -0.2) is 0 Å². The summed E-state index contributed by atoms with van der Waals surface area (Å²) in [6.45, 7) is 0. The average molecular weight is 273 g/mol. The SMILES string of the molecule is O=S(=O)(O)c1ccc2c(c1)CC(c1ccccc1)=N2. The van der Waals surface area contributed by atoms with Crippen molar-refractivity contribution in [3.63, 3.8) is 0 Å². The number of rotatable bonds is 2. The summed E-state index contributed by atoms with van der Waals surface area (Å²) in [6.07, 6.45) is 0.572. The van der Waals surface area contributed by atoms with E-state index < -0.39 is 10.1 Å². The summed E-state index contributed by atoms with van der Waals surface area (Å²) in [7, 11) is -4.16. The number of aliphatic imine (C=N–C) groups is 1. The van der Waals surface area contributed by atoms with Crippen LogP contribution in [0.4, 0.5) is 5.69 Å². The Kier molecular flexibility index (Phi) is 2.73. The van der Waals surface area contributed by atoms with E-state index >= 15 is 0 Å². The maximum atomic E-state index is 11.1. The van der Waals surface area contributed by atoms with Gasteiger partial charge in [-0.15, -0.1) is 0 Å². The van der Waals surface area contributed by atoms with Gasteiger partial charge >= 0.3 is 0 Å². The summed E-state index contributed by atoms with van der Waals surface area (Å²) in [5.74, 6) is 0. The molecule has 2 aromatic rings. The van der Waals surface area contributed by atoms with Crippen LogP contribution in [0.25, 0.3) is 0 Å². The zero-order valence-corrected chi connectivity index (χ0v) is 10.8. The second-order valence-corrected chi connectivity index (χ2v) is 5.79. The first-order valence-corrected chi connectivity index (χ1v) is 7.21. The lowest BCUT2D eigenvalue weighted by molar-refractivity contribution is 0.483. The predicted octanol–water partition coefficient (Wildman–Crippen LogP) is 2.61. The Balaban J connectivity index is 1.99. The first-order chi connectivity index (χ1) is 9.04. The standard InChI is InChI=1S/C14H11NO3S/c16-19(17,18)12-6-7-13-11(8-12)9-14(15-13)10-4-2-1-3-5-10/h1-8H,9H2,(H,16,17,18). The minimum absolute atomic E-state index is 0.0873. The minimum Gasteiger partial charge on any atom is -0.282 e. The van der Waals surface area contributed by atoms with Crippen LogP contribution in [0.15, 0.2) is 58.4 Å². The third-order valence-electron chi connectivity index (χ3n) is 3.07. The Hall–Kier alpha value is -1.98. The van der Waals surface area contributed by atoms with Crippen LogP contribution in [0.5, 0.6) is 0 Å². The summed E-state index contributed by atoms with van der Waals surface area (Å²) in [6, 6.07) is 14.2. The van der Waals surface area contributed by atoms with Crippen LogP contribution in [0.3, 0.4) is 0 Å². The Morgan fingerprint density at radius 3 is 2.47 bits per heavy atom. The van der Waals surface area contributed by atoms with Gasteiger partial charge in [0, 0.05) is 6.42 Å². The summed E-state index contributed by atoms with van der Waals surface area (Å²) in [5, 5.41) is 0. The summed E-state index contributed by atoms with van der Waals surface area (Å²) in [5.41, 5.74) is 3.50. The molecule has 0 aromatic heterocycles. The third-order valence-corrected chi connectivity index (χ3v) is 3.92. The number of nitrogens with zero attached hydrogens (tertiary/aromatic N) is 1. The van der Waals surface area contributed by atoms with E-state index in [9.17, 15) is 8.42 Å². The van der Waals surface area contributed by atoms with Crippen molar-refractivity contribution >= 4 is 21.5 Å². The molecule has 2 aromatic carbocycles. The van der Waals surface area contributed by atoms with Crippen LogP contribution in [-0.2, 0) is 16.5 Å². The molecule has 1 heterocycles. The second-order valence-electron chi connectivity index (χ2n) is 4.37. The smallest absolute Gasteiger partial charge is 0.282 e. The summed E-state index contributed by atoms with van der Waals surface area (Å²) < 4.78 is 31.2. The van der Waals surface area contributed by atoms with Crippen LogP contribution in [-0.4, -0.2) is 18.7 Å². The molecule has 0 amide bonds. The minimum atomic E-state index is -4.16. The molecule has 0 aliphatic carbocycles. The first-order valence-electron chi connectivity index (χ1n) is 5.77. The van der Waals surface area contributed by atoms with Crippen molar-refractivity contribution < 1.29 is 13.0 Å². The zero-order chi connectivity index (χ0) is 13.5. The fourth-order valence-electron chi connectivity index (χ4n) is 2.14. The highest BCUT2D eigenvalue weighted by molar-refractivity contribution is 7.85. The van der Waals surface area contributed by atoms with E-state index in [4.69, 9.17) is 4.55 Å². The number of benzene rings is 2. The molecule has 96 valence electrons. The average Bonchev–Trinajstić information content (AvgIpc) is 2.81. The van der Waals surface area contributed by atoms with Gasteiger partial charge in [0.15, 0.2) is 0 Å². The highest BCUT2D eigenvalue weighted by Crippen LogP contribution is 2.30. The van der Waals surface area contributed by atoms with E-state index in [2.05, 4.69) is 4.99 Å². The monoisotopic (exact) mass is 273 g/mol. The molecule has 0 radical (unpaired) electrons. The lowest BCUT2D eigenvalue weighted by Crippen LogP contribution is -2.01. The highest BCUT2D eigenvalue weighted by Gasteiger charge is 2.19. The topological polar surface area (TPSA) is 66.7 Å². The van der Waals surface area contributed by atoms with Gasteiger partial charge in [0.05, 0.1) is 16.3 Å². The Bertz CT molecular complexity index is 765. The third kappa shape index (κ3) is 2.30. The van der Waals surface area contributed by atoms with Gasteiger partial charge in [0.1, 0.15) is 0 Å². The summed E-state index contributed by atoms with van der Waals surface area (Å²) in [4.78, 5) is 4.40. The molecule has 0 saturated heterocycles. The van der Waals surface area contributed by atoms with Gasteiger partial charge in [0.25, 0.3) is 10.1 Å². The van der Waals surface area contributed by atoms with Crippen LogP contribution in [0.2, 0.25) is 0 Å². The molecule has 0 unspecified atom stereocenters. The molecule has 19 heavy (non-hydrogen) atoms. The Labute approximate surface area is 111 Å². The Morgan fingerprint density at radius 2 is 1.79 bits per heavy atom. The van der Waals surface area contributed by atoms with E-state index in [1.807, 2.05) is 30.3 Å². The van der Waals surface area contributed by atoms with Gasteiger partial charge in [0.2, 0.25) is 0 Å². The van der Waals surface area contributed by atoms with E-state index in [0.29, 0.717) is 6.42 Å². The predicted molar refractivity (Wildman–Crippen MR) is 72.6 cm³/mol. The van der Waals surface area contributed by atoms with Crippen LogP contribution < -0.4 is 0 Å². The van der Waals surface area contributed by atoms with Crippen molar-refractivity contribution in [3.05, 3.63) is 59.7 Å². The van der Waals surface area contributed by atoms with Crippen LogP contribution in [0, 0.1) is 0 Å². The van der Waals surface area contributed by atoms with Gasteiger partial charge in [-0.2, -0.15) is 8.42 Å². The fourth-order valence-corrected chi connectivity index (χ4v) is 2.67. The molecular formula is C14H11NO3S. The molecule has 0 fully saturated rings. The molecule has 1 aliphatic rings. The molecular weight excluding hydrogens is 262 g/mol. The van der Waals surface area contributed by atoms with Crippen molar-refractivity contribution in [1.82, 2.24) is 0 Å². The second kappa shape index (κ2) is 4.29. The molecule has 5 heteroatoms. The van der Waals surface area contributed by atoms with Crippen molar-refractivity contribution in [2.45, 2.75) is 11.3 Å². The first kappa shape index (κ1) is 12.1.